The highest BCUT2D eigenvalue weighted by Gasteiger charge is 2.31. The normalized spacial score (nSPS) is 15.6. The van der Waals surface area contributed by atoms with Gasteiger partial charge in [0.1, 0.15) is 17.3 Å². The average molecular weight is 614 g/mol. The monoisotopic (exact) mass is 613 g/mol. The van der Waals surface area contributed by atoms with Crippen LogP contribution in [0, 0.1) is 5.82 Å². The SMILES string of the molecule is COc1ccc(F)c(-c2cc(Cl)cc(OC(F)(F)F)c2)c1.NS(=O)(=O)N1CCC2=C(C=CCN2c2cccnn2)C1. The summed E-state index contributed by atoms with van der Waals surface area (Å²) < 4.78 is 83.5. The number of halogens is 5. The highest BCUT2D eigenvalue weighted by molar-refractivity contribution is 7.86. The van der Waals surface area contributed by atoms with Crippen LogP contribution in [0.25, 0.3) is 11.1 Å². The molecule has 2 aromatic carbocycles. The lowest BCUT2D eigenvalue weighted by atomic mass is 10.0. The van der Waals surface area contributed by atoms with Crippen LogP contribution in [0.1, 0.15) is 6.42 Å². The second-order valence-electron chi connectivity index (χ2n) is 8.76. The third-order valence-electron chi connectivity index (χ3n) is 6.03. The minimum absolute atomic E-state index is 0.00558. The van der Waals surface area contributed by atoms with Crippen LogP contribution in [0.3, 0.4) is 0 Å². The zero-order valence-corrected chi connectivity index (χ0v) is 23.0. The van der Waals surface area contributed by atoms with Crippen molar-refractivity contribution in [2.75, 3.05) is 31.6 Å². The molecule has 2 N–H and O–H groups in total. The molecular formula is C26H24ClF4N5O4S. The van der Waals surface area contributed by atoms with E-state index in [1.54, 1.807) is 6.20 Å². The standard InChI is InChI=1S/C14H9ClF4O2.C12H15N5O2S/c1-20-10-2-3-13(16)12(7-10)8-4-9(15)6-11(5-8)21-14(17,18)19;13-20(18,19)16-8-5-11-10(9-16)3-2-7-17(11)12-4-1-6-14-15-12/h2-7H,1H3;1-4,6H,5,7-9H2,(H2,13,18,19). The molecule has 1 aromatic heterocycles. The Morgan fingerprint density at radius 1 is 1.10 bits per heavy atom. The summed E-state index contributed by atoms with van der Waals surface area (Å²) >= 11 is 5.75. The van der Waals surface area contributed by atoms with Gasteiger partial charge in [0.05, 0.1) is 7.11 Å². The van der Waals surface area contributed by atoms with Crippen LogP contribution in [0.15, 0.2) is 78.1 Å². The summed E-state index contributed by atoms with van der Waals surface area (Å²) in [6, 6.07) is 11.0. The summed E-state index contributed by atoms with van der Waals surface area (Å²) in [6.07, 6.45) is 1.34. The summed E-state index contributed by atoms with van der Waals surface area (Å²) in [5, 5.41) is 13.2. The average Bonchev–Trinajstić information content (AvgIpc) is 2.92. The van der Waals surface area contributed by atoms with E-state index in [-0.39, 0.29) is 16.1 Å². The van der Waals surface area contributed by atoms with E-state index in [9.17, 15) is 26.0 Å². The van der Waals surface area contributed by atoms with Crippen LogP contribution in [0.2, 0.25) is 5.02 Å². The van der Waals surface area contributed by atoms with Gasteiger partial charge in [-0.3, -0.25) is 0 Å². The largest absolute Gasteiger partial charge is 0.573 e. The minimum Gasteiger partial charge on any atom is -0.497 e. The van der Waals surface area contributed by atoms with E-state index in [1.165, 1.54) is 29.6 Å². The Labute approximate surface area is 238 Å². The molecule has 0 aliphatic carbocycles. The highest BCUT2D eigenvalue weighted by Crippen LogP contribution is 2.34. The van der Waals surface area contributed by atoms with Gasteiger partial charge in [-0.05, 0) is 59.7 Å². The van der Waals surface area contributed by atoms with Crippen molar-refractivity contribution in [2.45, 2.75) is 12.8 Å². The molecule has 9 nitrogen and oxygen atoms in total. The van der Waals surface area contributed by atoms with Gasteiger partial charge in [-0.25, -0.2) is 9.53 Å². The van der Waals surface area contributed by atoms with Gasteiger partial charge in [-0.15, -0.1) is 18.3 Å². The summed E-state index contributed by atoms with van der Waals surface area (Å²) in [4.78, 5) is 2.06. The van der Waals surface area contributed by atoms with Gasteiger partial charge in [0.25, 0.3) is 10.2 Å². The minimum atomic E-state index is -4.85. The maximum absolute atomic E-state index is 13.8. The molecule has 0 radical (unpaired) electrons. The first-order valence-corrected chi connectivity index (χ1v) is 13.8. The molecule has 0 fully saturated rings. The number of nitrogens with two attached hydrogens (primary N) is 1. The lowest BCUT2D eigenvalue weighted by molar-refractivity contribution is -0.274. The smallest absolute Gasteiger partial charge is 0.497 e. The first kappa shape index (κ1) is 30.2. The number of hydrogen-bond donors (Lipinski definition) is 1. The maximum Gasteiger partial charge on any atom is 0.573 e. The number of rotatable bonds is 5. The number of alkyl halides is 3. The van der Waals surface area contributed by atoms with Crippen LogP contribution in [-0.2, 0) is 10.2 Å². The van der Waals surface area contributed by atoms with Crippen molar-refractivity contribution >= 4 is 27.6 Å². The third-order valence-corrected chi connectivity index (χ3v) is 7.28. The van der Waals surface area contributed by atoms with Crippen LogP contribution in [0.4, 0.5) is 23.4 Å². The van der Waals surface area contributed by atoms with Crippen molar-refractivity contribution in [3.63, 3.8) is 0 Å². The Morgan fingerprint density at radius 2 is 1.88 bits per heavy atom. The summed E-state index contributed by atoms with van der Waals surface area (Å²) in [5.41, 5.74) is 2.26. The van der Waals surface area contributed by atoms with E-state index < -0.39 is 28.1 Å². The van der Waals surface area contributed by atoms with Crippen molar-refractivity contribution in [1.29, 1.82) is 0 Å². The van der Waals surface area contributed by atoms with Crippen LogP contribution in [-0.4, -0.2) is 56.0 Å². The van der Waals surface area contributed by atoms with E-state index >= 15 is 0 Å². The lowest BCUT2D eigenvalue weighted by Gasteiger charge is -2.35. The molecule has 5 rings (SSSR count). The fraction of sp³-hybridized carbons (Fsp3) is 0.231. The third kappa shape index (κ3) is 7.94. The first-order valence-electron chi connectivity index (χ1n) is 12.0. The molecule has 15 heteroatoms. The maximum atomic E-state index is 13.8. The van der Waals surface area contributed by atoms with Crippen molar-refractivity contribution in [3.05, 3.63) is 89.0 Å². The molecule has 0 atom stereocenters. The number of anilines is 1. The summed E-state index contributed by atoms with van der Waals surface area (Å²) in [6.45, 7) is 1.41. The number of methoxy groups -OCH3 is 1. The molecule has 0 unspecified atom stereocenters. The Hall–Kier alpha value is -3.72. The van der Waals surface area contributed by atoms with Gasteiger partial charge in [0, 0.05) is 48.5 Å². The van der Waals surface area contributed by atoms with E-state index in [0.29, 0.717) is 31.8 Å². The fourth-order valence-electron chi connectivity index (χ4n) is 4.27. The number of nitrogens with zero attached hydrogens (tertiary/aromatic N) is 4. The molecule has 3 heterocycles. The van der Waals surface area contributed by atoms with Crippen molar-refractivity contribution in [3.8, 4) is 22.6 Å². The van der Waals surface area contributed by atoms with Gasteiger partial charge in [-0.1, -0.05) is 23.8 Å². The quantitative estimate of drug-likeness (QED) is 0.400. The number of ether oxygens (including phenoxy) is 2. The lowest BCUT2D eigenvalue weighted by Crippen LogP contribution is -2.44. The van der Waals surface area contributed by atoms with Gasteiger partial charge in [0.2, 0.25) is 0 Å². The van der Waals surface area contributed by atoms with Crippen molar-refractivity contribution in [1.82, 2.24) is 14.5 Å². The topological polar surface area (TPSA) is 111 Å². The zero-order chi connectivity index (χ0) is 29.8. The van der Waals surface area contributed by atoms with E-state index in [1.807, 2.05) is 24.3 Å². The molecule has 218 valence electrons. The van der Waals surface area contributed by atoms with E-state index in [4.69, 9.17) is 21.5 Å². The van der Waals surface area contributed by atoms with E-state index in [2.05, 4.69) is 19.8 Å². The molecule has 0 amide bonds. The Balaban J connectivity index is 0.000000189. The van der Waals surface area contributed by atoms with E-state index in [0.717, 1.165) is 35.3 Å². The predicted molar refractivity (Wildman–Crippen MR) is 145 cm³/mol. The molecule has 41 heavy (non-hydrogen) atoms. The molecule has 0 saturated heterocycles. The second kappa shape index (κ2) is 12.4. The molecule has 0 spiro atoms. The Bertz CT molecular complexity index is 1570. The van der Waals surface area contributed by atoms with Crippen LogP contribution >= 0.6 is 11.6 Å². The van der Waals surface area contributed by atoms with Crippen molar-refractivity contribution in [2.24, 2.45) is 5.14 Å². The Kier molecular flexibility index (Phi) is 9.17. The molecular weight excluding hydrogens is 590 g/mol. The summed E-state index contributed by atoms with van der Waals surface area (Å²) in [7, 11) is -2.24. The Morgan fingerprint density at radius 3 is 2.54 bits per heavy atom. The number of aromatic nitrogens is 2. The molecule has 2 aliphatic rings. The first-order chi connectivity index (χ1) is 19.3. The summed E-state index contributed by atoms with van der Waals surface area (Å²) in [5.74, 6) is 0.00122. The molecule has 0 bridgehead atoms. The molecule has 3 aromatic rings. The fourth-order valence-corrected chi connectivity index (χ4v) is 5.16. The zero-order valence-electron chi connectivity index (χ0n) is 21.5. The number of benzene rings is 2. The number of hydrogen-bond acceptors (Lipinski definition) is 7. The highest BCUT2D eigenvalue weighted by atomic mass is 35.5. The van der Waals surface area contributed by atoms with Gasteiger partial charge >= 0.3 is 6.36 Å². The van der Waals surface area contributed by atoms with Gasteiger partial charge < -0.3 is 14.4 Å². The van der Waals surface area contributed by atoms with Crippen LogP contribution < -0.4 is 19.5 Å². The predicted octanol–water partition coefficient (Wildman–Crippen LogP) is 5.07. The van der Waals surface area contributed by atoms with Gasteiger partial charge in [0.15, 0.2) is 5.82 Å². The van der Waals surface area contributed by atoms with Gasteiger partial charge in [-0.2, -0.15) is 17.8 Å². The molecule has 2 aliphatic heterocycles. The van der Waals surface area contributed by atoms with Crippen LogP contribution in [0.5, 0.6) is 11.5 Å². The van der Waals surface area contributed by atoms with Crippen molar-refractivity contribution < 1.29 is 35.5 Å². The second-order valence-corrected chi connectivity index (χ2v) is 10.7. The molecule has 0 saturated carbocycles.